The number of benzene rings is 2. The van der Waals surface area contributed by atoms with Crippen LogP contribution in [0.25, 0.3) is 0 Å². The first-order valence-corrected chi connectivity index (χ1v) is 10.7. The van der Waals surface area contributed by atoms with Crippen LogP contribution in [-0.4, -0.2) is 36.7 Å². The lowest BCUT2D eigenvalue weighted by atomic mass is 10.0. The highest BCUT2D eigenvalue weighted by Gasteiger charge is 2.31. The van der Waals surface area contributed by atoms with Gasteiger partial charge >= 0.3 is 0 Å². The number of carbonyl (C=O) groups is 1. The number of hydrogen-bond donors (Lipinski definition) is 0. The van der Waals surface area contributed by atoms with Gasteiger partial charge in [0.1, 0.15) is 18.1 Å². The van der Waals surface area contributed by atoms with Crippen molar-refractivity contribution in [3.05, 3.63) is 70.6 Å². The van der Waals surface area contributed by atoms with Gasteiger partial charge in [-0.2, -0.15) is 0 Å². The molecule has 7 nitrogen and oxygen atoms in total. The molecule has 1 unspecified atom stereocenters. The lowest BCUT2D eigenvalue weighted by molar-refractivity contribution is 0.0735. The van der Waals surface area contributed by atoms with E-state index in [9.17, 15) is 4.79 Å². The van der Waals surface area contributed by atoms with Gasteiger partial charge in [0, 0.05) is 12.1 Å². The van der Waals surface area contributed by atoms with E-state index in [-0.39, 0.29) is 11.9 Å². The smallest absolute Gasteiger partial charge is 0.254 e. The Hall–Kier alpha value is -3.48. The fraction of sp³-hybridized carbons (Fsp3) is 0.360. The molecular formula is C25H28N2O5. The summed E-state index contributed by atoms with van der Waals surface area (Å²) in [6, 6.07) is 13.1. The zero-order valence-electron chi connectivity index (χ0n) is 18.9. The fourth-order valence-corrected chi connectivity index (χ4v) is 4.14. The number of methoxy groups -OCH3 is 2. The van der Waals surface area contributed by atoms with Gasteiger partial charge in [-0.3, -0.25) is 4.79 Å². The van der Waals surface area contributed by atoms with E-state index in [1.54, 1.807) is 14.2 Å². The number of rotatable bonds is 7. The standard InChI is InChI=1S/C25H28N2O5/c1-16-21(17(2)32-26-16)15-31-20-10-7-18(8-11-20)25(28)27-13-5-6-22(27)19-9-12-23(29-3)24(14-19)30-4/h7-12,14,22H,5-6,13,15H2,1-4H3. The van der Waals surface area contributed by atoms with Crippen molar-refractivity contribution in [2.45, 2.75) is 39.3 Å². The molecule has 7 heteroatoms. The maximum absolute atomic E-state index is 13.3. The maximum atomic E-state index is 13.3. The van der Waals surface area contributed by atoms with Crippen LogP contribution in [0.1, 0.15) is 51.8 Å². The minimum absolute atomic E-state index is 0.0118. The minimum atomic E-state index is 0.0118. The molecule has 3 aromatic rings. The van der Waals surface area contributed by atoms with Crippen LogP contribution in [0.3, 0.4) is 0 Å². The second kappa shape index (κ2) is 9.34. The van der Waals surface area contributed by atoms with Gasteiger partial charge in [0.15, 0.2) is 11.5 Å². The first kappa shape index (κ1) is 21.7. The molecule has 1 fully saturated rings. The molecule has 0 N–H and O–H groups in total. The molecule has 2 aromatic carbocycles. The molecule has 1 aliphatic heterocycles. The third-order valence-electron chi connectivity index (χ3n) is 5.97. The first-order valence-electron chi connectivity index (χ1n) is 10.7. The van der Waals surface area contributed by atoms with Crippen molar-refractivity contribution in [2.75, 3.05) is 20.8 Å². The van der Waals surface area contributed by atoms with Gasteiger partial charge in [0.2, 0.25) is 0 Å². The Balaban J connectivity index is 1.46. The van der Waals surface area contributed by atoms with E-state index in [1.807, 2.05) is 61.2 Å². The molecule has 1 amide bonds. The number of aromatic nitrogens is 1. The average Bonchev–Trinajstić information content (AvgIpc) is 3.44. The van der Waals surface area contributed by atoms with Crippen LogP contribution in [-0.2, 0) is 6.61 Å². The largest absolute Gasteiger partial charge is 0.493 e. The number of likely N-dealkylation sites (tertiary alicyclic amines) is 1. The normalized spacial score (nSPS) is 15.6. The van der Waals surface area contributed by atoms with Gasteiger partial charge in [0.25, 0.3) is 5.91 Å². The summed E-state index contributed by atoms with van der Waals surface area (Å²) in [4.78, 5) is 15.2. The van der Waals surface area contributed by atoms with Crippen LogP contribution >= 0.6 is 0 Å². The van der Waals surface area contributed by atoms with Gasteiger partial charge in [-0.05, 0) is 68.7 Å². The predicted octanol–water partition coefficient (Wildman–Crippen LogP) is 4.86. The van der Waals surface area contributed by atoms with Crippen LogP contribution < -0.4 is 14.2 Å². The summed E-state index contributed by atoms with van der Waals surface area (Å²) in [7, 11) is 3.24. The van der Waals surface area contributed by atoms with E-state index in [0.717, 1.165) is 42.0 Å². The number of ether oxygens (including phenoxy) is 3. The SMILES string of the molecule is COc1ccc(C2CCCN2C(=O)c2ccc(OCc3c(C)noc3C)cc2)cc1OC. The highest BCUT2D eigenvalue weighted by Crippen LogP contribution is 2.37. The van der Waals surface area contributed by atoms with Crippen molar-refractivity contribution in [2.24, 2.45) is 0 Å². The second-order valence-corrected chi connectivity index (χ2v) is 7.89. The number of aryl methyl sites for hydroxylation is 2. The summed E-state index contributed by atoms with van der Waals surface area (Å²) in [6.45, 7) is 4.86. The lowest BCUT2D eigenvalue weighted by Gasteiger charge is -2.26. The molecule has 1 aromatic heterocycles. The molecule has 0 spiro atoms. The van der Waals surface area contributed by atoms with Gasteiger partial charge in [-0.15, -0.1) is 0 Å². The van der Waals surface area contributed by atoms with Gasteiger partial charge < -0.3 is 23.6 Å². The van der Waals surface area contributed by atoms with Gasteiger partial charge in [0.05, 0.1) is 31.5 Å². The Morgan fingerprint density at radius 1 is 1.09 bits per heavy atom. The highest BCUT2D eigenvalue weighted by molar-refractivity contribution is 5.94. The highest BCUT2D eigenvalue weighted by atomic mass is 16.5. The van der Waals surface area contributed by atoms with E-state index >= 15 is 0 Å². The quantitative estimate of drug-likeness (QED) is 0.526. The summed E-state index contributed by atoms with van der Waals surface area (Å²) < 4.78 is 21.8. The molecule has 1 aliphatic rings. The molecule has 1 saturated heterocycles. The lowest BCUT2D eigenvalue weighted by Crippen LogP contribution is -2.30. The molecule has 0 saturated carbocycles. The molecule has 32 heavy (non-hydrogen) atoms. The molecule has 2 heterocycles. The van der Waals surface area contributed by atoms with Crippen molar-refractivity contribution in [1.82, 2.24) is 10.1 Å². The summed E-state index contributed by atoms with van der Waals surface area (Å²) >= 11 is 0. The maximum Gasteiger partial charge on any atom is 0.254 e. The number of carbonyl (C=O) groups excluding carboxylic acids is 1. The number of hydrogen-bond acceptors (Lipinski definition) is 6. The summed E-state index contributed by atoms with van der Waals surface area (Å²) in [5.41, 5.74) is 3.46. The van der Waals surface area contributed by atoms with Crippen molar-refractivity contribution in [1.29, 1.82) is 0 Å². The van der Waals surface area contributed by atoms with Crippen molar-refractivity contribution in [3.63, 3.8) is 0 Å². The summed E-state index contributed by atoms with van der Waals surface area (Å²) in [6.07, 6.45) is 1.88. The molecule has 0 aliphatic carbocycles. The second-order valence-electron chi connectivity index (χ2n) is 7.89. The van der Waals surface area contributed by atoms with E-state index in [1.165, 1.54) is 0 Å². The molecule has 1 atom stereocenters. The summed E-state index contributed by atoms with van der Waals surface area (Å²) in [5.74, 6) is 2.81. The zero-order valence-corrected chi connectivity index (χ0v) is 18.9. The molecule has 0 bridgehead atoms. The van der Waals surface area contributed by atoms with Crippen molar-refractivity contribution in [3.8, 4) is 17.2 Å². The molecular weight excluding hydrogens is 408 g/mol. The van der Waals surface area contributed by atoms with Crippen LogP contribution in [0.2, 0.25) is 0 Å². The predicted molar refractivity (Wildman–Crippen MR) is 119 cm³/mol. The van der Waals surface area contributed by atoms with Crippen LogP contribution in [0, 0.1) is 13.8 Å². The van der Waals surface area contributed by atoms with E-state index < -0.39 is 0 Å². The van der Waals surface area contributed by atoms with Crippen LogP contribution in [0.5, 0.6) is 17.2 Å². The zero-order chi connectivity index (χ0) is 22.7. The summed E-state index contributed by atoms with van der Waals surface area (Å²) in [5, 5.41) is 3.94. The van der Waals surface area contributed by atoms with E-state index in [0.29, 0.717) is 29.4 Å². The van der Waals surface area contributed by atoms with Crippen molar-refractivity contribution >= 4 is 5.91 Å². The van der Waals surface area contributed by atoms with Gasteiger partial charge in [-0.1, -0.05) is 11.2 Å². The van der Waals surface area contributed by atoms with Crippen LogP contribution in [0.15, 0.2) is 47.0 Å². The average molecular weight is 437 g/mol. The Bertz CT molecular complexity index is 1070. The monoisotopic (exact) mass is 436 g/mol. The number of nitrogens with zero attached hydrogens (tertiary/aromatic N) is 2. The first-order chi connectivity index (χ1) is 15.5. The van der Waals surface area contributed by atoms with E-state index in [4.69, 9.17) is 18.7 Å². The van der Waals surface area contributed by atoms with Gasteiger partial charge in [-0.25, -0.2) is 0 Å². The topological polar surface area (TPSA) is 74.0 Å². The Labute approximate surface area is 187 Å². The molecule has 4 rings (SSSR count). The minimum Gasteiger partial charge on any atom is -0.493 e. The van der Waals surface area contributed by atoms with E-state index in [2.05, 4.69) is 5.16 Å². The Kier molecular flexibility index (Phi) is 6.35. The third kappa shape index (κ3) is 4.28. The molecule has 0 radical (unpaired) electrons. The molecule has 168 valence electrons. The van der Waals surface area contributed by atoms with Crippen molar-refractivity contribution < 1.29 is 23.5 Å². The third-order valence-corrected chi connectivity index (χ3v) is 5.97. The Morgan fingerprint density at radius 2 is 1.84 bits per heavy atom. The number of amides is 1. The Morgan fingerprint density at radius 3 is 2.50 bits per heavy atom. The fourth-order valence-electron chi connectivity index (χ4n) is 4.14. The van der Waals surface area contributed by atoms with Crippen LogP contribution in [0.4, 0.5) is 0 Å².